The number of piperidine rings is 1. The quantitative estimate of drug-likeness (QED) is 0.416. The molecule has 32 heavy (non-hydrogen) atoms. The Bertz CT molecular complexity index is 1070. The lowest BCUT2D eigenvalue weighted by molar-refractivity contribution is -0.0511. The molecule has 3 aromatic rings. The van der Waals surface area contributed by atoms with Crippen molar-refractivity contribution in [2.45, 2.75) is 43.3 Å². The molecule has 0 spiro atoms. The second-order valence-corrected chi connectivity index (χ2v) is 8.52. The first-order chi connectivity index (χ1) is 15.5. The number of nitrogens with one attached hydrogen (secondary N) is 1. The lowest BCUT2D eigenvalue weighted by Crippen LogP contribution is -2.37. The van der Waals surface area contributed by atoms with Gasteiger partial charge < -0.3 is 25.5 Å². The van der Waals surface area contributed by atoms with Crippen molar-refractivity contribution in [2.24, 2.45) is 0 Å². The predicted octanol–water partition coefficient (Wildman–Crippen LogP) is 1.30. The SMILES string of the molecule is OC[C@H]1O[C@@H](n2cnc3c(NN4CCC(c5ccccc5)CC4)nc(Cl)nc32)C(O)C1O. The highest BCUT2D eigenvalue weighted by molar-refractivity contribution is 6.28. The number of imidazole rings is 1. The zero-order chi connectivity index (χ0) is 22.2. The fourth-order valence-electron chi connectivity index (χ4n) is 4.46. The van der Waals surface area contributed by atoms with Crippen LogP contribution in [0.5, 0.6) is 0 Å². The van der Waals surface area contributed by atoms with Gasteiger partial charge in [-0.2, -0.15) is 9.97 Å². The average molecular weight is 461 g/mol. The second kappa shape index (κ2) is 8.89. The van der Waals surface area contributed by atoms with E-state index in [1.54, 1.807) is 0 Å². The smallest absolute Gasteiger partial charge is 0.226 e. The minimum absolute atomic E-state index is 0.0210. The maximum absolute atomic E-state index is 10.4. The van der Waals surface area contributed by atoms with Crippen molar-refractivity contribution in [1.29, 1.82) is 0 Å². The number of aromatic nitrogens is 4. The number of ether oxygens (including phenoxy) is 1. The van der Waals surface area contributed by atoms with Crippen molar-refractivity contribution in [3.05, 3.63) is 47.5 Å². The molecule has 1 aromatic carbocycles. The molecule has 0 amide bonds. The zero-order valence-electron chi connectivity index (χ0n) is 17.3. The lowest BCUT2D eigenvalue weighted by Gasteiger charge is -2.32. The van der Waals surface area contributed by atoms with Gasteiger partial charge in [0.25, 0.3) is 0 Å². The summed E-state index contributed by atoms with van der Waals surface area (Å²) in [4.78, 5) is 13.0. The van der Waals surface area contributed by atoms with E-state index in [4.69, 9.17) is 16.3 Å². The summed E-state index contributed by atoms with van der Waals surface area (Å²) in [5.74, 6) is 0.984. The highest BCUT2D eigenvalue weighted by Crippen LogP contribution is 2.33. The number of aliphatic hydroxyl groups is 3. The maximum Gasteiger partial charge on any atom is 0.226 e. The van der Waals surface area contributed by atoms with Crippen LogP contribution in [0.1, 0.15) is 30.6 Å². The van der Waals surface area contributed by atoms with Crippen LogP contribution >= 0.6 is 11.6 Å². The average Bonchev–Trinajstić information content (AvgIpc) is 3.35. The first kappa shape index (κ1) is 21.5. The molecule has 4 heterocycles. The number of nitrogens with zero attached hydrogens (tertiary/aromatic N) is 5. The fourth-order valence-corrected chi connectivity index (χ4v) is 4.63. The third kappa shape index (κ3) is 3.94. The van der Waals surface area contributed by atoms with Crippen LogP contribution in [0.25, 0.3) is 11.2 Å². The molecule has 0 radical (unpaired) electrons. The maximum atomic E-state index is 10.4. The van der Waals surface area contributed by atoms with Gasteiger partial charge in [0.2, 0.25) is 5.28 Å². The van der Waals surface area contributed by atoms with Crippen LogP contribution in [-0.4, -0.2) is 77.9 Å². The molecule has 10 nitrogen and oxygen atoms in total. The Labute approximate surface area is 189 Å². The number of benzene rings is 1. The van der Waals surface area contributed by atoms with Crippen LogP contribution in [0, 0.1) is 0 Å². The molecule has 4 N–H and O–H groups in total. The summed E-state index contributed by atoms with van der Waals surface area (Å²) in [6.07, 6.45) is -0.829. The summed E-state index contributed by atoms with van der Waals surface area (Å²) in [5, 5.41) is 31.9. The van der Waals surface area contributed by atoms with Crippen LogP contribution in [0.2, 0.25) is 5.28 Å². The Morgan fingerprint density at radius 1 is 1.09 bits per heavy atom. The van der Waals surface area contributed by atoms with E-state index in [-0.39, 0.29) is 5.28 Å². The van der Waals surface area contributed by atoms with Crippen molar-refractivity contribution in [3.8, 4) is 0 Å². The molecule has 2 aliphatic rings. The van der Waals surface area contributed by atoms with E-state index in [2.05, 4.69) is 49.7 Å². The molecule has 2 saturated heterocycles. The van der Waals surface area contributed by atoms with Gasteiger partial charge in [-0.05, 0) is 35.9 Å². The Kier molecular flexibility index (Phi) is 5.97. The lowest BCUT2D eigenvalue weighted by atomic mass is 9.90. The summed E-state index contributed by atoms with van der Waals surface area (Å²) >= 11 is 6.19. The van der Waals surface area contributed by atoms with Gasteiger partial charge in [-0.3, -0.25) is 4.57 Å². The molecule has 2 aromatic heterocycles. The van der Waals surface area contributed by atoms with Gasteiger partial charge in [0, 0.05) is 13.1 Å². The van der Waals surface area contributed by atoms with Crippen LogP contribution in [0.3, 0.4) is 0 Å². The van der Waals surface area contributed by atoms with Crippen molar-refractivity contribution < 1.29 is 20.1 Å². The van der Waals surface area contributed by atoms with Crippen LogP contribution < -0.4 is 5.43 Å². The first-order valence-electron chi connectivity index (χ1n) is 10.6. The second-order valence-electron chi connectivity index (χ2n) is 8.18. The Balaban J connectivity index is 1.35. The molecule has 5 rings (SSSR count). The van der Waals surface area contributed by atoms with Gasteiger partial charge >= 0.3 is 0 Å². The molecule has 4 atom stereocenters. The third-order valence-electron chi connectivity index (χ3n) is 6.22. The number of aliphatic hydroxyl groups excluding tert-OH is 3. The van der Waals surface area contributed by atoms with E-state index in [0.717, 1.165) is 25.9 Å². The van der Waals surface area contributed by atoms with Crippen LogP contribution in [-0.2, 0) is 4.74 Å². The Morgan fingerprint density at radius 2 is 1.84 bits per heavy atom. The third-order valence-corrected chi connectivity index (χ3v) is 6.38. The van der Waals surface area contributed by atoms with E-state index < -0.39 is 31.1 Å². The molecule has 11 heteroatoms. The summed E-state index contributed by atoms with van der Waals surface area (Å²) in [6.45, 7) is 1.25. The monoisotopic (exact) mass is 460 g/mol. The standard InChI is InChI=1S/C21H25ClN6O4/c22-21-24-18(26-27-8-6-13(7-9-27)12-4-2-1-3-5-12)15-19(25-21)28(11-23-15)20-17(31)16(30)14(10-29)32-20/h1-5,11,13-14,16-17,20,29-31H,6-10H2,(H,24,25,26)/t14-,16?,17?,20-/m1/s1. The van der Waals surface area contributed by atoms with E-state index in [9.17, 15) is 15.3 Å². The minimum atomic E-state index is -1.24. The molecule has 2 unspecified atom stereocenters. The minimum Gasteiger partial charge on any atom is -0.394 e. The van der Waals surface area contributed by atoms with E-state index >= 15 is 0 Å². The van der Waals surface area contributed by atoms with Gasteiger partial charge in [0.05, 0.1) is 12.9 Å². The number of hydrazine groups is 1. The van der Waals surface area contributed by atoms with Gasteiger partial charge in [-0.1, -0.05) is 30.3 Å². The van der Waals surface area contributed by atoms with E-state index in [0.29, 0.717) is 22.9 Å². The number of hydrogen-bond donors (Lipinski definition) is 4. The zero-order valence-corrected chi connectivity index (χ0v) is 18.0. The van der Waals surface area contributed by atoms with Crippen molar-refractivity contribution in [3.63, 3.8) is 0 Å². The highest BCUT2D eigenvalue weighted by Gasteiger charge is 2.44. The van der Waals surface area contributed by atoms with E-state index in [1.165, 1.54) is 16.5 Å². The number of anilines is 1. The summed E-state index contributed by atoms with van der Waals surface area (Å²) in [6, 6.07) is 10.5. The molecular formula is C21H25ClN6O4. The van der Waals surface area contributed by atoms with Crippen molar-refractivity contribution in [1.82, 2.24) is 24.5 Å². The molecule has 170 valence electrons. The predicted molar refractivity (Wildman–Crippen MR) is 117 cm³/mol. The first-order valence-corrected chi connectivity index (χ1v) is 11.0. The fraction of sp³-hybridized carbons (Fsp3) is 0.476. The van der Waals surface area contributed by atoms with Gasteiger partial charge in [-0.15, -0.1) is 0 Å². The Hall–Kier alpha value is -2.34. The molecular weight excluding hydrogens is 436 g/mol. The number of fused-ring (bicyclic) bond motifs is 1. The van der Waals surface area contributed by atoms with Gasteiger partial charge in [0.1, 0.15) is 18.3 Å². The number of rotatable bonds is 5. The summed E-state index contributed by atoms with van der Waals surface area (Å²) < 4.78 is 7.11. The number of hydrogen-bond acceptors (Lipinski definition) is 9. The van der Waals surface area contributed by atoms with Crippen molar-refractivity contribution >= 4 is 28.6 Å². The topological polar surface area (TPSA) is 129 Å². The molecule has 0 bridgehead atoms. The van der Waals surface area contributed by atoms with Crippen LogP contribution in [0.15, 0.2) is 36.7 Å². The molecule has 0 aliphatic carbocycles. The van der Waals surface area contributed by atoms with Gasteiger partial charge in [-0.25, -0.2) is 9.99 Å². The number of halogens is 1. The molecule has 0 saturated carbocycles. The molecule has 2 aliphatic heterocycles. The van der Waals surface area contributed by atoms with Crippen LogP contribution in [0.4, 0.5) is 5.82 Å². The van der Waals surface area contributed by atoms with E-state index in [1.807, 2.05) is 6.07 Å². The van der Waals surface area contributed by atoms with Gasteiger partial charge in [0.15, 0.2) is 23.2 Å². The molecule has 2 fully saturated rings. The van der Waals surface area contributed by atoms with Crippen molar-refractivity contribution in [2.75, 3.05) is 25.1 Å². The Morgan fingerprint density at radius 3 is 2.53 bits per heavy atom. The highest BCUT2D eigenvalue weighted by atomic mass is 35.5. The largest absolute Gasteiger partial charge is 0.394 e. The summed E-state index contributed by atoms with van der Waals surface area (Å²) in [5.41, 5.74) is 5.50. The normalized spacial score (nSPS) is 27.2. The summed E-state index contributed by atoms with van der Waals surface area (Å²) in [7, 11) is 0.